The largest absolute Gasteiger partial charge is 0.411 e. The van der Waals surface area contributed by atoms with Crippen molar-refractivity contribution >= 4 is 21.6 Å². The summed E-state index contributed by atoms with van der Waals surface area (Å²) in [6.07, 6.45) is 4.76. The number of halogens is 1. The maximum Gasteiger partial charge on any atom is 0.0942 e. The molecular weight excluding hydrogens is 330 g/mol. The number of hydrogen-bond acceptors (Lipinski definition) is 4. The second-order valence-electron chi connectivity index (χ2n) is 5.29. The monoisotopic (exact) mass is 347 g/mol. The summed E-state index contributed by atoms with van der Waals surface area (Å²) in [5, 5.41) is 12.6. The Kier molecular flexibility index (Phi) is 5.44. The third-order valence-corrected chi connectivity index (χ3v) is 3.76. The van der Waals surface area contributed by atoms with Crippen LogP contribution < -0.4 is 0 Å². The summed E-state index contributed by atoms with van der Waals surface area (Å²) in [5.41, 5.74) is 3.28. The van der Waals surface area contributed by atoms with E-state index in [1.807, 2.05) is 24.3 Å². The lowest BCUT2D eigenvalue weighted by molar-refractivity contribution is 0.318. The molecule has 0 aliphatic heterocycles. The van der Waals surface area contributed by atoms with Crippen molar-refractivity contribution in [1.82, 2.24) is 9.97 Å². The molecule has 0 bridgehead atoms. The van der Waals surface area contributed by atoms with Crippen LogP contribution in [0.2, 0.25) is 0 Å². The molecule has 110 valence electrons. The van der Waals surface area contributed by atoms with Gasteiger partial charge in [-0.2, -0.15) is 0 Å². The van der Waals surface area contributed by atoms with Crippen LogP contribution in [0.25, 0.3) is 0 Å². The summed E-state index contributed by atoms with van der Waals surface area (Å²) < 4.78 is 1.02. The second kappa shape index (κ2) is 7.31. The van der Waals surface area contributed by atoms with E-state index >= 15 is 0 Å². The van der Waals surface area contributed by atoms with Gasteiger partial charge in [0.2, 0.25) is 0 Å². The van der Waals surface area contributed by atoms with Crippen LogP contribution in [0.4, 0.5) is 0 Å². The zero-order valence-corrected chi connectivity index (χ0v) is 13.7. The molecule has 2 heterocycles. The van der Waals surface area contributed by atoms with Gasteiger partial charge in [0.25, 0.3) is 0 Å². The number of nitrogens with zero attached hydrogens (tertiary/aromatic N) is 3. The number of oxime groups is 1. The van der Waals surface area contributed by atoms with E-state index in [1.54, 1.807) is 12.4 Å². The molecule has 0 amide bonds. The molecule has 2 aromatic rings. The maximum atomic E-state index is 9.23. The molecule has 1 N–H and O–H groups in total. The lowest BCUT2D eigenvalue weighted by Gasteiger charge is -2.10. The van der Waals surface area contributed by atoms with Gasteiger partial charge in [-0.3, -0.25) is 9.97 Å². The number of hydrogen-bond donors (Lipinski definition) is 1. The Balaban J connectivity index is 2.23. The smallest absolute Gasteiger partial charge is 0.0942 e. The molecule has 5 heteroatoms. The molecule has 0 spiro atoms. The molecule has 21 heavy (non-hydrogen) atoms. The highest BCUT2D eigenvalue weighted by Crippen LogP contribution is 2.19. The van der Waals surface area contributed by atoms with Gasteiger partial charge in [-0.15, -0.1) is 0 Å². The zero-order chi connectivity index (χ0) is 15.2. The molecule has 0 saturated heterocycles. The Hall–Kier alpha value is -1.75. The van der Waals surface area contributed by atoms with E-state index in [1.165, 1.54) is 0 Å². The normalized spacial score (nSPS) is 11.9. The second-order valence-corrected chi connectivity index (χ2v) is 6.15. The summed E-state index contributed by atoms with van der Waals surface area (Å²) >= 11 is 3.54. The first kappa shape index (κ1) is 15.6. The minimum atomic E-state index is 0.473. The highest BCUT2D eigenvalue weighted by atomic mass is 79.9. The third kappa shape index (κ3) is 4.36. The predicted octanol–water partition coefficient (Wildman–Crippen LogP) is 3.86. The lowest BCUT2D eigenvalue weighted by Crippen LogP contribution is -2.09. The standard InChI is InChI=1S/C16H18BrN3O/c1-11(2)8-16-14(17)6-5-13(19-16)9-15(20-21)12-4-3-7-18-10-12/h3-7,10-11,21H,8-9H2,1-2H3. The molecule has 0 unspecified atom stereocenters. The molecule has 0 radical (unpaired) electrons. The molecule has 0 aliphatic rings. The van der Waals surface area contributed by atoms with E-state index in [0.29, 0.717) is 18.1 Å². The van der Waals surface area contributed by atoms with Gasteiger partial charge < -0.3 is 5.21 Å². The van der Waals surface area contributed by atoms with E-state index < -0.39 is 0 Å². The Morgan fingerprint density at radius 1 is 1.33 bits per heavy atom. The van der Waals surface area contributed by atoms with Crippen molar-refractivity contribution in [2.75, 3.05) is 0 Å². The van der Waals surface area contributed by atoms with Crippen LogP contribution in [0.3, 0.4) is 0 Å². The Morgan fingerprint density at radius 3 is 2.76 bits per heavy atom. The van der Waals surface area contributed by atoms with Crippen LogP contribution in [0.1, 0.15) is 30.8 Å². The van der Waals surface area contributed by atoms with Crippen molar-refractivity contribution in [2.24, 2.45) is 11.1 Å². The number of pyridine rings is 2. The van der Waals surface area contributed by atoms with Crippen molar-refractivity contribution in [3.05, 3.63) is 58.1 Å². The van der Waals surface area contributed by atoms with Crippen molar-refractivity contribution in [3.8, 4) is 0 Å². The molecule has 2 rings (SSSR count). The minimum absolute atomic E-state index is 0.473. The molecular formula is C16H18BrN3O. The Morgan fingerprint density at radius 2 is 2.14 bits per heavy atom. The van der Waals surface area contributed by atoms with Crippen LogP contribution in [-0.2, 0) is 12.8 Å². The minimum Gasteiger partial charge on any atom is -0.411 e. The molecule has 0 saturated carbocycles. The van der Waals surface area contributed by atoms with Gasteiger partial charge in [-0.25, -0.2) is 0 Å². The van der Waals surface area contributed by atoms with Gasteiger partial charge in [0.1, 0.15) is 0 Å². The van der Waals surface area contributed by atoms with Gasteiger partial charge in [0, 0.05) is 34.5 Å². The first-order valence-corrected chi connectivity index (χ1v) is 7.65. The SMILES string of the molecule is CC(C)Cc1nc(CC(=NO)c2cccnc2)ccc1Br. The third-order valence-electron chi connectivity index (χ3n) is 3.04. The highest BCUT2D eigenvalue weighted by Gasteiger charge is 2.10. The van der Waals surface area contributed by atoms with E-state index in [-0.39, 0.29) is 0 Å². The fraction of sp³-hybridized carbons (Fsp3) is 0.312. The van der Waals surface area contributed by atoms with Crippen LogP contribution in [0.15, 0.2) is 46.3 Å². The molecule has 0 fully saturated rings. The summed E-state index contributed by atoms with van der Waals surface area (Å²) in [7, 11) is 0. The average Bonchev–Trinajstić information content (AvgIpc) is 2.48. The first-order chi connectivity index (χ1) is 10.1. The van der Waals surface area contributed by atoms with E-state index in [9.17, 15) is 5.21 Å². The first-order valence-electron chi connectivity index (χ1n) is 6.85. The van der Waals surface area contributed by atoms with Crippen molar-refractivity contribution in [1.29, 1.82) is 0 Å². The van der Waals surface area contributed by atoms with Gasteiger partial charge in [-0.1, -0.05) is 19.0 Å². The maximum absolute atomic E-state index is 9.23. The van der Waals surface area contributed by atoms with Gasteiger partial charge in [-0.05, 0) is 52.5 Å². The van der Waals surface area contributed by atoms with Gasteiger partial charge >= 0.3 is 0 Å². The predicted molar refractivity (Wildman–Crippen MR) is 86.7 cm³/mol. The highest BCUT2D eigenvalue weighted by molar-refractivity contribution is 9.10. The Labute approximate surface area is 133 Å². The molecule has 0 atom stereocenters. The van der Waals surface area contributed by atoms with Crippen molar-refractivity contribution in [2.45, 2.75) is 26.7 Å². The van der Waals surface area contributed by atoms with Crippen LogP contribution in [-0.4, -0.2) is 20.9 Å². The lowest BCUT2D eigenvalue weighted by atomic mass is 10.0. The summed E-state index contributed by atoms with van der Waals surface area (Å²) in [6, 6.07) is 7.63. The molecule has 4 nitrogen and oxygen atoms in total. The van der Waals surface area contributed by atoms with Crippen LogP contribution >= 0.6 is 15.9 Å². The number of aromatic nitrogens is 2. The number of rotatable bonds is 5. The van der Waals surface area contributed by atoms with Crippen molar-refractivity contribution in [3.63, 3.8) is 0 Å². The van der Waals surface area contributed by atoms with Gasteiger partial charge in [0.05, 0.1) is 11.4 Å². The fourth-order valence-corrected chi connectivity index (χ4v) is 2.44. The van der Waals surface area contributed by atoms with Gasteiger partial charge in [0.15, 0.2) is 0 Å². The topological polar surface area (TPSA) is 58.4 Å². The van der Waals surface area contributed by atoms with Crippen molar-refractivity contribution < 1.29 is 5.21 Å². The fourth-order valence-electron chi connectivity index (χ4n) is 2.06. The van der Waals surface area contributed by atoms with E-state index in [0.717, 1.165) is 27.8 Å². The van der Waals surface area contributed by atoms with Crippen LogP contribution in [0, 0.1) is 5.92 Å². The quantitative estimate of drug-likeness (QED) is 0.507. The molecule has 2 aromatic heterocycles. The molecule has 0 aliphatic carbocycles. The molecule has 0 aromatic carbocycles. The summed E-state index contributed by atoms with van der Waals surface area (Å²) in [4.78, 5) is 8.71. The van der Waals surface area contributed by atoms with Crippen LogP contribution in [0.5, 0.6) is 0 Å². The summed E-state index contributed by atoms with van der Waals surface area (Å²) in [6.45, 7) is 4.33. The average molecular weight is 348 g/mol. The zero-order valence-electron chi connectivity index (χ0n) is 12.1. The van der Waals surface area contributed by atoms with E-state index in [4.69, 9.17) is 0 Å². The van der Waals surface area contributed by atoms with E-state index in [2.05, 4.69) is 44.9 Å². The summed E-state index contributed by atoms with van der Waals surface area (Å²) in [5.74, 6) is 0.536. The Bertz CT molecular complexity index is 627.